The van der Waals surface area contributed by atoms with Gasteiger partial charge in [-0.3, -0.25) is 4.79 Å². The minimum absolute atomic E-state index is 0.0896. The highest BCUT2D eigenvalue weighted by atomic mass is 35.5. The van der Waals surface area contributed by atoms with E-state index in [1.807, 2.05) is 32.0 Å². The zero-order valence-corrected chi connectivity index (χ0v) is 13.4. The number of benzene rings is 2. The quantitative estimate of drug-likeness (QED) is 0.780. The van der Waals surface area contributed by atoms with Crippen LogP contribution in [0.4, 0.5) is 5.69 Å². The number of aryl methyl sites for hydroxylation is 2. The third-order valence-corrected chi connectivity index (χ3v) is 3.73. The number of hydrogen-bond acceptors (Lipinski definition) is 4. The van der Waals surface area contributed by atoms with Crippen LogP contribution in [0.15, 0.2) is 46.9 Å². The highest BCUT2D eigenvalue weighted by Crippen LogP contribution is 2.21. The zero-order chi connectivity index (χ0) is 16.4. The summed E-state index contributed by atoms with van der Waals surface area (Å²) in [6.07, 6.45) is 0. The van der Waals surface area contributed by atoms with Gasteiger partial charge in [0.2, 0.25) is 5.89 Å². The van der Waals surface area contributed by atoms with Gasteiger partial charge in [-0.25, -0.2) is 0 Å². The Labute approximate surface area is 138 Å². The van der Waals surface area contributed by atoms with Crippen LogP contribution in [-0.2, 0) is 0 Å². The molecule has 0 aliphatic heterocycles. The summed E-state index contributed by atoms with van der Waals surface area (Å²) >= 11 is 5.84. The highest BCUT2D eigenvalue weighted by molar-refractivity contribution is 6.30. The van der Waals surface area contributed by atoms with Crippen molar-refractivity contribution in [3.05, 3.63) is 64.5 Å². The number of hydrogen-bond donors (Lipinski definition) is 1. The molecule has 0 atom stereocenters. The van der Waals surface area contributed by atoms with Crippen molar-refractivity contribution in [3.8, 4) is 11.5 Å². The highest BCUT2D eigenvalue weighted by Gasteiger charge is 2.16. The fourth-order valence-corrected chi connectivity index (χ4v) is 2.15. The summed E-state index contributed by atoms with van der Waals surface area (Å²) < 4.78 is 5.42. The third kappa shape index (κ3) is 3.40. The van der Waals surface area contributed by atoms with Gasteiger partial charge >= 0.3 is 11.8 Å². The van der Waals surface area contributed by atoms with E-state index in [9.17, 15) is 4.79 Å². The number of aromatic nitrogens is 2. The van der Waals surface area contributed by atoms with E-state index in [2.05, 4.69) is 15.5 Å². The average Bonchev–Trinajstić information content (AvgIpc) is 3.02. The van der Waals surface area contributed by atoms with Gasteiger partial charge in [0.15, 0.2) is 0 Å². The molecule has 1 N–H and O–H groups in total. The molecular formula is C17H14ClN3O2. The molecule has 2 aromatic carbocycles. The molecule has 23 heavy (non-hydrogen) atoms. The lowest BCUT2D eigenvalue weighted by Gasteiger charge is -2.05. The molecule has 0 aliphatic carbocycles. The molecule has 1 heterocycles. The maximum absolute atomic E-state index is 12.2. The van der Waals surface area contributed by atoms with Crippen LogP contribution < -0.4 is 5.32 Å². The number of halogens is 1. The van der Waals surface area contributed by atoms with E-state index < -0.39 is 5.91 Å². The minimum atomic E-state index is -0.444. The molecule has 0 saturated heterocycles. The molecule has 0 spiro atoms. The molecule has 5 nitrogen and oxygen atoms in total. The summed E-state index contributed by atoms with van der Waals surface area (Å²) in [5.74, 6) is -0.263. The van der Waals surface area contributed by atoms with E-state index in [-0.39, 0.29) is 11.8 Å². The summed E-state index contributed by atoms with van der Waals surface area (Å²) in [6, 6.07) is 12.6. The molecule has 0 fully saturated rings. The maximum Gasteiger partial charge on any atom is 0.313 e. The van der Waals surface area contributed by atoms with Gasteiger partial charge < -0.3 is 9.73 Å². The Kier molecular flexibility index (Phi) is 4.12. The van der Waals surface area contributed by atoms with Gasteiger partial charge in [0, 0.05) is 16.3 Å². The number of nitrogens with one attached hydrogen (secondary N) is 1. The number of amides is 1. The smallest absolute Gasteiger partial charge is 0.313 e. The van der Waals surface area contributed by atoms with Crippen LogP contribution in [0.1, 0.15) is 21.8 Å². The van der Waals surface area contributed by atoms with Crippen molar-refractivity contribution in [3.63, 3.8) is 0 Å². The summed E-state index contributed by atoms with van der Waals surface area (Å²) in [4.78, 5) is 12.2. The monoisotopic (exact) mass is 327 g/mol. The van der Waals surface area contributed by atoms with Crippen LogP contribution in [-0.4, -0.2) is 16.1 Å². The zero-order valence-electron chi connectivity index (χ0n) is 12.6. The predicted octanol–water partition coefficient (Wildman–Crippen LogP) is 4.26. The first-order chi connectivity index (χ1) is 11.0. The normalized spacial score (nSPS) is 10.6. The van der Waals surface area contributed by atoms with E-state index >= 15 is 0 Å². The largest absolute Gasteiger partial charge is 0.412 e. The molecule has 0 bridgehead atoms. The van der Waals surface area contributed by atoms with E-state index in [4.69, 9.17) is 16.0 Å². The number of carbonyl (C=O) groups is 1. The van der Waals surface area contributed by atoms with Crippen LogP contribution in [0.25, 0.3) is 11.5 Å². The van der Waals surface area contributed by atoms with Crippen molar-refractivity contribution in [2.24, 2.45) is 0 Å². The second-order valence-corrected chi connectivity index (χ2v) is 5.61. The standard InChI is InChI=1S/C17H14ClN3O2/c1-10-3-8-14(9-11(10)2)19-15(22)17-21-20-16(23-17)12-4-6-13(18)7-5-12/h3-9H,1-2H3,(H,19,22). The molecule has 0 aliphatic rings. The fraction of sp³-hybridized carbons (Fsp3) is 0.118. The van der Waals surface area contributed by atoms with E-state index in [1.165, 1.54) is 0 Å². The Balaban J connectivity index is 1.78. The number of rotatable bonds is 3. The first-order valence-corrected chi connectivity index (χ1v) is 7.39. The molecule has 0 saturated carbocycles. The van der Waals surface area contributed by atoms with Crippen molar-refractivity contribution >= 4 is 23.2 Å². The lowest BCUT2D eigenvalue weighted by Crippen LogP contribution is -2.12. The van der Waals surface area contributed by atoms with Crippen molar-refractivity contribution in [1.29, 1.82) is 0 Å². The summed E-state index contributed by atoms with van der Waals surface area (Å²) in [6.45, 7) is 3.99. The summed E-state index contributed by atoms with van der Waals surface area (Å²) in [5.41, 5.74) is 3.64. The van der Waals surface area contributed by atoms with Gasteiger partial charge in [-0.05, 0) is 61.4 Å². The maximum atomic E-state index is 12.2. The molecule has 3 rings (SSSR count). The number of carbonyl (C=O) groups excluding carboxylic acids is 1. The molecular weight excluding hydrogens is 314 g/mol. The summed E-state index contributed by atoms with van der Waals surface area (Å²) in [5, 5.41) is 11.0. The lowest BCUT2D eigenvalue weighted by atomic mass is 10.1. The lowest BCUT2D eigenvalue weighted by molar-refractivity contribution is 0.0991. The Morgan fingerprint density at radius 1 is 1.04 bits per heavy atom. The van der Waals surface area contributed by atoms with Crippen LogP contribution in [0.2, 0.25) is 5.02 Å². The van der Waals surface area contributed by atoms with Crippen molar-refractivity contribution in [2.45, 2.75) is 13.8 Å². The average molecular weight is 328 g/mol. The van der Waals surface area contributed by atoms with Gasteiger partial charge in [0.1, 0.15) is 0 Å². The minimum Gasteiger partial charge on any atom is -0.412 e. The van der Waals surface area contributed by atoms with Crippen LogP contribution in [0.5, 0.6) is 0 Å². The first-order valence-electron chi connectivity index (χ1n) is 7.01. The Bertz CT molecular complexity index is 857. The van der Waals surface area contributed by atoms with E-state index in [0.717, 1.165) is 11.1 Å². The van der Waals surface area contributed by atoms with Gasteiger partial charge in [0.05, 0.1) is 0 Å². The van der Waals surface area contributed by atoms with Crippen molar-refractivity contribution in [1.82, 2.24) is 10.2 Å². The van der Waals surface area contributed by atoms with Crippen LogP contribution in [0, 0.1) is 13.8 Å². The van der Waals surface area contributed by atoms with Crippen LogP contribution >= 0.6 is 11.6 Å². The van der Waals surface area contributed by atoms with Crippen LogP contribution in [0.3, 0.4) is 0 Å². The van der Waals surface area contributed by atoms with Gasteiger partial charge in [-0.1, -0.05) is 17.7 Å². The Hall–Kier alpha value is -2.66. The van der Waals surface area contributed by atoms with E-state index in [1.54, 1.807) is 24.3 Å². The second kappa shape index (κ2) is 6.22. The number of nitrogens with zero attached hydrogens (tertiary/aromatic N) is 2. The SMILES string of the molecule is Cc1ccc(NC(=O)c2nnc(-c3ccc(Cl)cc3)o2)cc1C. The molecule has 0 unspecified atom stereocenters. The Morgan fingerprint density at radius 3 is 2.48 bits per heavy atom. The van der Waals surface area contributed by atoms with Crippen molar-refractivity contribution in [2.75, 3.05) is 5.32 Å². The molecule has 1 amide bonds. The number of anilines is 1. The van der Waals surface area contributed by atoms with Gasteiger partial charge in [-0.15, -0.1) is 10.2 Å². The predicted molar refractivity (Wildman–Crippen MR) is 88.6 cm³/mol. The molecule has 3 aromatic rings. The molecule has 6 heteroatoms. The van der Waals surface area contributed by atoms with Gasteiger partial charge in [-0.2, -0.15) is 0 Å². The van der Waals surface area contributed by atoms with Gasteiger partial charge in [0.25, 0.3) is 0 Å². The molecule has 116 valence electrons. The fourth-order valence-electron chi connectivity index (χ4n) is 2.03. The molecule has 0 radical (unpaired) electrons. The Morgan fingerprint density at radius 2 is 1.78 bits per heavy atom. The first kappa shape index (κ1) is 15.2. The topological polar surface area (TPSA) is 68.0 Å². The third-order valence-electron chi connectivity index (χ3n) is 3.48. The summed E-state index contributed by atoms with van der Waals surface area (Å²) in [7, 11) is 0. The van der Waals surface area contributed by atoms with E-state index in [0.29, 0.717) is 16.3 Å². The second-order valence-electron chi connectivity index (χ2n) is 5.17. The van der Waals surface area contributed by atoms with Crippen molar-refractivity contribution < 1.29 is 9.21 Å². The molecule has 1 aromatic heterocycles.